The number of ether oxygens (including phenoxy) is 1. The molecule has 0 radical (unpaired) electrons. The Morgan fingerprint density at radius 1 is 0.931 bits per heavy atom. The zero-order valence-electron chi connectivity index (χ0n) is 19.3. The van der Waals surface area contributed by atoms with Gasteiger partial charge in [0.25, 0.3) is 8.32 Å². The minimum atomic E-state index is -2.22. The predicted molar refractivity (Wildman–Crippen MR) is 124 cm³/mol. The van der Waals surface area contributed by atoms with Gasteiger partial charge >= 0.3 is 5.97 Å². The highest BCUT2D eigenvalue weighted by Crippen LogP contribution is 2.42. The summed E-state index contributed by atoms with van der Waals surface area (Å²) in [5.41, 5.74) is 5.51. The van der Waals surface area contributed by atoms with Crippen molar-refractivity contribution in [3.8, 4) is 0 Å². The molecule has 0 aliphatic heterocycles. The van der Waals surface area contributed by atoms with Gasteiger partial charge in [0.1, 0.15) is 11.3 Å². The van der Waals surface area contributed by atoms with Crippen molar-refractivity contribution in [3.05, 3.63) is 70.3 Å². The highest BCUT2D eigenvalue weighted by Gasteiger charge is 2.41. The number of hydrogen-bond donors (Lipinski definition) is 0. The lowest BCUT2D eigenvalue weighted by Crippen LogP contribution is -2.40. The normalized spacial score (nSPS) is 13.0. The van der Waals surface area contributed by atoms with Gasteiger partial charge in [0.2, 0.25) is 0 Å². The Morgan fingerprint density at radius 3 is 1.90 bits per heavy atom. The van der Waals surface area contributed by atoms with Crippen LogP contribution < -0.4 is 0 Å². The summed E-state index contributed by atoms with van der Waals surface area (Å²) in [6, 6.07) is 14.1. The van der Waals surface area contributed by atoms with Crippen LogP contribution in [0.3, 0.4) is 0 Å². The van der Waals surface area contributed by atoms with E-state index in [1.165, 1.54) is 12.7 Å². The molecule has 2 rings (SSSR count). The average Bonchev–Trinajstić information content (AvgIpc) is 2.62. The highest BCUT2D eigenvalue weighted by atomic mass is 28.4. The van der Waals surface area contributed by atoms with Crippen molar-refractivity contribution in [2.45, 2.75) is 59.7 Å². The zero-order chi connectivity index (χ0) is 22.0. The molecule has 0 fully saturated rings. The lowest BCUT2D eigenvalue weighted by atomic mass is 9.91. The van der Waals surface area contributed by atoms with Crippen LogP contribution in [-0.2, 0) is 14.0 Å². The number of hydrogen-bond acceptors (Lipinski definition) is 3. The van der Waals surface area contributed by atoms with E-state index in [0.717, 1.165) is 22.3 Å². The summed E-state index contributed by atoms with van der Waals surface area (Å²) in [6.07, 6.45) is 0. The maximum absolute atomic E-state index is 13.1. The summed E-state index contributed by atoms with van der Waals surface area (Å²) < 4.78 is 12.0. The van der Waals surface area contributed by atoms with E-state index >= 15 is 0 Å². The van der Waals surface area contributed by atoms with Gasteiger partial charge in [-0.1, -0.05) is 68.8 Å². The second kappa shape index (κ2) is 8.58. The van der Waals surface area contributed by atoms with Crippen LogP contribution in [0.2, 0.25) is 18.1 Å². The third-order valence-corrected chi connectivity index (χ3v) is 10.1. The fraction of sp³-hybridized carbons (Fsp3) is 0.400. The van der Waals surface area contributed by atoms with Gasteiger partial charge in [-0.15, -0.1) is 0 Å². The average molecular weight is 411 g/mol. The third kappa shape index (κ3) is 4.99. The number of aryl methyl sites for hydroxylation is 3. The minimum Gasteiger partial charge on any atom is -0.543 e. The first-order valence-electron chi connectivity index (χ1n) is 10.0. The van der Waals surface area contributed by atoms with Gasteiger partial charge in [0.05, 0.1) is 7.11 Å². The molecule has 0 heterocycles. The van der Waals surface area contributed by atoms with Crippen molar-refractivity contribution >= 4 is 25.6 Å². The fourth-order valence-electron chi connectivity index (χ4n) is 3.24. The Kier molecular flexibility index (Phi) is 6.79. The van der Waals surface area contributed by atoms with Crippen molar-refractivity contribution in [1.82, 2.24) is 0 Å². The number of carbonyl (C=O) groups excluding carboxylic acids is 1. The molecule has 0 N–H and O–H groups in total. The van der Waals surface area contributed by atoms with Crippen LogP contribution in [0.4, 0.5) is 0 Å². The summed E-state index contributed by atoms with van der Waals surface area (Å²) in [6.45, 7) is 17.1. The Labute approximate surface area is 176 Å². The second-order valence-electron chi connectivity index (χ2n) is 9.20. The Morgan fingerprint density at radius 2 is 1.45 bits per heavy atom. The van der Waals surface area contributed by atoms with Gasteiger partial charge in [-0.25, -0.2) is 4.79 Å². The minimum absolute atomic E-state index is 0.00831. The van der Waals surface area contributed by atoms with E-state index in [-0.39, 0.29) is 11.0 Å². The molecule has 0 saturated carbocycles. The van der Waals surface area contributed by atoms with Crippen molar-refractivity contribution in [2.24, 2.45) is 0 Å². The van der Waals surface area contributed by atoms with Crippen LogP contribution in [0.25, 0.3) is 11.3 Å². The smallest absolute Gasteiger partial charge is 0.342 e. The van der Waals surface area contributed by atoms with Crippen molar-refractivity contribution in [1.29, 1.82) is 0 Å². The van der Waals surface area contributed by atoms with Crippen LogP contribution in [0, 0.1) is 20.8 Å². The van der Waals surface area contributed by atoms with Gasteiger partial charge in [-0.2, -0.15) is 0 Å². The molecule has 156 valence electrons. The molecular weight excluding hydrogens is 376 g/mol. The lowest BCUT2D eigenvalue weighted by Gasteiger charge is -2.38. The van der Waals surface area contributed by atoms with E-state index in [0.29, 0.717) is 11.3 Å². The molecule has 0 unspecified atom stereocenters. The summed E-state index contributed by atoms with van der Waals surface area (Å²) >= 11 is 0. The third-order valence-electron chi connectivity index (χ3n) is 5.74. The van der Waals surface area contributed by atoms with Gasteiger partial charge in [0, 0.05) is 5.56 Å². The van der Waals surface area contributed by atoms with Crippen molar-refractivity contribution < 1.29 is 14.0 Å². The summed E-state index contributed by atoms with van der Waals surface area (Å²) in [5.74, 6) is 0.233. The van der Waals surface area contributed by atoms with Gasteiger partial charge in [0.15, 0.2) is 0 Å². The number of carbonyl (C=O) groups is 1. The molecule has 0 aromatic heterocycles. The van der Waals surface area contributed by atoms with E-state index in [4.69, 9.17) is 9.16 Å². The molecule has 0 atom stereocenters. The molecule has 0 spiro atoms. The molecule has 0 bridgehead atoms. The summed E-state index contributed by atoms with van der Waals surface area (Å²) in [7, 11) is -0.790. The maximum atomic E-state index is 13.1. The Bertz CT molecular complexity index is 896. The van der Waals surface area contributed by atoms with Crippen molar-refractivity contribution in [3.63, 3.8) is 0 Å². The molecule has 0 aliphatic carbocycles. The molecule has 3 nitrogen and oxygen atoms in total. The maximum Gasteiger partial charge on any atom is 0.342 e. The molecule has 4 heteroatoms. The number of esters is 1. The summed E-state index contributed by atoms with van der Waals surface area (Å²) in [4.78, 5) is 13.1. The fourth-order valence-corrected chi connectivity index (χ4v) is 4.27. The first-order chi connectivity index (χ1) is 13.4. The number of methoxy groups -OCH3 is 1. The molecule has 0 saturated heterocycles. The van der Waals surface area contributed by atoms with E-state index in [9.17, 15) is 4.79 Å². The predicted octanol–water partition coefficient (Wildman–Crippen LogP) is 6.67. The molecule has 2 aromatic rings. The van der Waals surface area contributed by atoms with E-state index in [1.54, 1.807) is 0 Å². The number of benzene rings is 2. The van der Waals surface area contributed by atoms with Gasteiger partial charge in [-0.3, -0.25) is 0 Å². The first kappa shape index (κ1) is 23.0. The second-order valence-corrected chi connectivity index (χ2v) is 13.9. The lowest BCUT2D eigenvalue weighted by molar-refractivity contribution is -0.133. The zero-order valence-corrected chi connectivity index (χ0v) is 20.3. The highest BCUT2D eigenvalue weighted by molar-refractivity contribution is 6.75. The van der Waals surface area contributed by atoms with Crippen LogP contribution in [0.5, 0.6) is 0 Å². The van der Waals surface area contributed by atoms with Crippen LogP contribution in [0.15, 0.2) is 42.5 Å². The molecule has 0 amide bonds. The standard InChI is InChI=1S/C25H34O3Si/c1-17-15-18(2)21(19(3)16-17)22(24(26)27-7)23(20-13-11-10-12-14-20)28-29(8,9)25(4,5)6/h10-16H,1-9H3/b23-22+. The molecule has 0 aliphatic rings. The van der Waals surface area contributed by atoms with Gasteiger partial charge < -0.3 is 9.16 Å². The Balaban J connectivity index is 2.91. The van der Waals surface area contributed by atoms with E-state index in [1.807, 2.05) is 44.2 Å². The van der Waals surface area contributed by atoms with E-state index < -0.39 is 8.32 Å². The molecular formula is C25H34O3Si. The largest absolute Gasteiger partial charge is 0.543 e. The summed E-state index contributed by atoms with van der Waals surface area (Å²) in [5, 5.41) is -0.00831. The monoisotopic (exact) mass is 410 g/mol. The SMILES string of the molecule is COC(=O)/C(=C(/O[Si](C)(C)C(C)(C)C)c1ccccc1)c1c(C)cc(C)cc1C. The van der Waals surface area contributed by atoms with Crippen molar-refractivity contribution in [2.75, 3.05) is 7.11 Å². The first-order valence-corrected chi connectivity index (χ1v) is 12.9. The van der Waals surface area contributed by atoms with Crippen LogP contribution >= 0.6 is 0 Å². The molecule has 2 aromatic carbocycles. The number of rotatable bonds is 5. The van der Waals surface area contributed by atoms with Gasteiger partial charge in [-0.05, 0) is 55.6 Å². The van der Waals surface area contributed by atoms with Crippen LogP contribution in [0.1, 0.15) is 48.6 Å². The Hall–Kier alpha value is -2.33. The van der Waals surface area contributed by atoms with E-state index in [2.05, 4.69) is 52.9 Å². The quantitative estimate of drug-likeness (QED) is 0.181. The molecule has 29 heavy (non-hydrogen) atoms. The topological polar surface area (TPSA) is 35.5 Å². The van der Waals surface area contributed by atoms with Crippen LogP contribution in [-0.4, -0.2) is 21.4 Å².